The summed E-state index contributed by atoms with van der Waals surface area (Å²) in [5, 5.41) is 16.4. The van der Waals surface area contributed by atoms with E-state index in [9.17, 15) is 29.1 Å². The maximum Gasteiger partial charge on any atom is 0.309 e. The Hall–Kier alpha value is -3.24. The van der Waals surface area contributed by atoms with Crippen LogP contribution in [0, 0.1) is 68.0 Å². The van der Waals surface area contributed by atoms with Gasteiger partial charge in [0.25, 0.3) is 5.91 Å². The van der Waals surface area contributed by atoms with Crippen LogP contribution in [0.2, 0.25) is 5.02 Å². The van der Waals surface area contributed by atoms with Crippen molar-refractivity contribution in [1.29, 1.82) is 0 Å². The van der Waals surface area contributed by atoms with E-state index >= 15 is 0 Å². The number of aliphatic carboxylic acids is 1. The fourth-order valence-corrected chi connectivity index (χ4v) is 15.1. The van der Waals surface area contributed by atoms with E-state index in [1.54, 1.807) is 24.3 Å². The number of fused-ring (bicyclic) bond motifs is 7. The second kappa shape index (κ2) is 16.1. The molecule has 0 heterocycles. The van der Waals surface area contributed by atoms with Crippen molar-refractivity contribution in [2.75, 3.05) is 13.1 Å². The van der Waals surface area contributed by atoms with Crippen molar-refractivity contribution >= 4 is 41.1 Å². The lowest BCUT2D eigenvalue weighted by molar-refractivity contribution is -0.236. The molecular formula is C50H72ClN3O7. The predicted molar refractivity (Wildman–Crippen MR) is 236 cm³/mol. The number of nitrogens with two attached hydrogens (primary N) is 1. The summed E-state index contributed by atoms with van der Waals surface area (Å²) in [5.74, 6) is -1.10. The summed E-state index contributed by atoms with van der Waals surface area (Å²) in [6.07, 6.45) is 8.87. The maximum atomic E-state index is 14.2. The molecule has 6 aliphatic rings. The normalized spacial score (nSPS) is 37.6. The van der Waals surface area contributed by atoms with Crippen molar-refractivity contribution in [3.63, 3.8) is 0 Å². The number of carboxylic acids is 1. The van der Waals surface area contributed by atoms with Gasteiger partial charge in [-0.25, -0.2) is 0 Å². The lowest BCUT2D eigenvalue weighted by Gasteiger charge is -2.72. The first-order valence-electron chi connectivity index (χ1n) is 23.2. The zero-order valence-corrected chi connectivity index (χ0v) is 38.9. The van der Waals surface area contributed by atoms with Crippen LogP contribution in [-0.4, -0.2) is 59.9 Å². The number of Topliss-reactive ketones (excluding diaryl/α,β-unsaturated/α-hetero) is 1. The largest absolute Gasteiger partial charge is 0.481 e. The maximum absolute atomic E-state index is 14.2. The minimum atomic E-state index is -0.844. The molecular weight excluding hydrogens is 790 g/mol. The van der Waals surface area contributed by atoms with Gasteiger partial charge in [0, 0.05) is 46.8 Å². The van der Waals surface area contributed by atoms with Crippen LogP contribution in [0.3, 0.4) is 0 Å². The van der Waals surface area contributed by atoms with Gasteiger partial charge in [0.2, 0.25) is 5.91 Å². The van der Waals surface area contributed by atoms with E-state index in [0.29, 0.717) is 48.2 Å². The molecule has 5 N–H and O–H groups in total. The van der Waals surface area contributed by atoms with Gasteiger partial charge in [-0.05, 0) is 146 Å². The SMILES string of the molecule is CC(C)C1=C2[C@H]3CC[C@@H]4[C@@]5(C)CC[C@H](OC(=O)[C@H]6C[C@@H](C(=O)O)C6(C)C)C(C)(C)[C@@H]5CC[C@@]4(C)[C@]3(C)CC[C@@]2(CC(=O)NCC(CCN)NC(=O)c2ccc(Cl)cc2)CC1=O. The lowest BCUT2D eigenvalue weighted by Crippen LogP contribution is -2.66. The average molecular weight is 863 g/mol. The zero-order chi connectivity index (χ0) is 44.7. The highest BCUT2D eigenvalue weighted by Crippen LogP contribution is 2.77. The molecule has 1 aromatic rings. The molecule has 0 aliphatic heterocycles. The number of rotatable bonds is 12. The highest BCUT2D eigenvalue weighted by Gasteiger charge is 2.70. The molecule has 11 atom stereocenters. The van der Waals surface area contributed by atoms with Crippen molar-refractivity contribution in [1.82, 2.24) is 10.6 Å². The Morgan fingerprint density at radius 1 is 0.869 bits per heavy atom. The third-order valence-corrected chi connectivity index (χ3v) is 18.9. The topological polar surface area (TPSA) is 165 Å². The van der Waals surface area contributed by atoms with Gasteiger partial charge in [0.1, 0.15) is 6.10 Å². The Labute approximate surface area is 368 Å². The monoisotopic (exact) mass is 862 g/mol. The van der Waals surface area contributed by atoms with Crippen LogP contribution < -0.4 is 16.4 Å². The van der Waals surface area contributed by atoms with E-state index in [4.69, 9.17) is 22.1 Å². The van der Waals surface area contributed by atoms with Crippen molar-refractivity contribution in [3.05, 3.63) is 46.0 Å². The molecule has 61 heavy (non-hydrogen) atoms. The molecule has 2 amide bonds. The quantitative estimate of drug-likeness (QED) is 0.151. The van der Waals surface area contributed by atoms with Gasteiger partial charge < -0.3 is 26.2 Å². The Bertz CT molecular complexity index is 1980. The summed E-state index contributed by atoms with van der Waals surface area (Å²) < 4.78 is 6.42. The number of halogens is 1. The predicted octanol–water partition coefficient (Wildman–Crippen LogP) is 8.93. The first-order chi connectivity index (χ1) is 28.5. The van der Waals surface area contributed by atoms with Gasteiger partial charge in [-0.2, -0.15) is 0 Å². The zero-order valence-electron chi connectivity index (χ0n) is 38.2. The highest BCUT2D eigenvalue weighted by molar-refractivity contribution is 6.30. The molecule has 1 unspecified atom stereocenters. The van der Waals surface area contributed by atoms with E-state index in [0.717, 1.165) is 56.9 Å². The average Bonchev–Trinajstić information content (AvgIpc) is 3.46. The minimum Gasteiger partial charge on any atom is -0.481 e. The molecule has 0 spiro atoms. The Kier molecular flexibility index (Phi) is 12.1. The van der Waals surface area contributed by atoms with Crippen LogP contribution in [0.25, 0.3) is 0 Å². The van der Waals surface area contributed by atoms with E-state index in [-0.39, 0.29) is 82.2 Å². The molecule has 7 rings (SSSR count). The van der Waals surface area contributed by atoms with Crippen LogP contribution in [-0.2, 0) is 23.9 Å². The summed E-state index contributed by atoms with van der Waals surface area (Å²) >= 11 is 6.03. The fraction of sp³-hybridized carbons (Fsp3) is 0.740. The van der Waals surface area contributed by atoms with Crippen molar-refractivity contribution in [2.45, 2.75) is 152 Å². The van der Waals surface area contributed by atoms with Gasteiger partial charge in [-0.15, -0.1) is 0 Å². The number of nitrogens with one attached hydrogen (secondary N) is 2. The number of carbonyl (C=O) groups excluding carboxylic acids is 4. The number of ether oxygens (including phenoxy) is 1. The summed E-state index contributed by atoms with van der Waals surface area (Å²) in [6, 6.07) is 6.34. The first-order valence-corrected chi connectivity index (χ1v) is 23.6. The number of ketones is 1. The molecule has 0 radical (unpaired) electrons. The fourth-order valence-electron chi connectivity index (χ4n) is 15.0. The van der Waals surface area contributed by atoms with E-state index in [2.05, 4.69) is 59.1 Å². The van der Waals surface area contributed by atoms with Crippen LogP contribution in [0.15, 0.2) is 35.4 Å². The summed E-state index contributed by atoms with van der Waals surface area (Å²) in [5.41, 5.74) is 7.23. The molecule has 0 saturated heterocycles. The number of hydrogen-bond donors (Lipinski definition) is 4. The number of esters is 1. The molecule has 5 saturated carbocycles. The van der Waals surface area contributed by atoms with Crippen LogP contribution in [0.4, 0.5) is 0 Å². The van der Waals surface area contributed by atoms with Crippen LogP contribution >= 0.6 is 11.6 Å². The van der Waals surface area contributed by atoms with Gasteiger partial charge in [0.15, 0.2) is 5.78 Å². The molecule has 6 aliphatic carbocycles. The van der Waals surface area contributed by atoms with Gasteiger partial charge >= 0.3 is 11.9 Å². The smallest absolute Gasteiger partial charge is 0.309 e. The third kappa shape index (κ3) is 7.39. The van der Waals surface area contributed by atoms with Crippen molar-refractivity contribution in [3.8, 4) is 0 Å². The molecule has 336 valence electrons. The number of carbonyl (C=O) groups is 5. The summed E-state index contributed by atoms with van der Waals surface area (Å²) in [7, 11) is 0. The molecule has 11 heteroatoms. The van der Waals surface area contributed by atoms with Gasteiger partial charge in [0.05, 0.1) is 11.8 Å². The second-order valence-electron chi connectivity index (χ2n) is 22.5. The number of allylic oxidation sites excluding steroid dienone is 2. The summed E-state index contributed by atoms with van der Waals surface area (Å²) in [4.78, 5) is 66.8. The molecule has 5 fully saturated rings. The van der Waals surface area contributed by atoms with Crippen LogP contribution in [0.1, 0.15) is 150 Å². The molecule has 1 aromatic carbocycles. The molecule has 0 bridgehead atoms. The van der Waals surface area contributed by atoms with Crippen molar-refractivity contribution < 1.29 is 33.8 Å². The highest BCUT2D eigenvalue weighted by atomic mass is 35.5. The molecule has 10 nitrogen and oxygen atoms in total. The minimum absolute atomic E-state index is 0.00937. The van der Waals surface area contributed by atoms with Crippen molar-refractivity contribution in [2.24, 2.45) is 73.7 Å². The van der Waals surface area contributed by atoms with Gasteiger partial charge in [-0.3, -0.25) is 24.0 Å². The van der Waals surface area contributed by atoms with E-state index in [1.807, 2.05) is 13.8 Å². The van der Waals surface area contributed by atoms with Gasteiger partial charge in [-0.1, -0.05) is 79.5 Å². The number of benzene rings is 1. The number of carboxylic acid groups (broad SMARTS) is 1. The van der Waals surface area contributed by atoms with Crippen LogP contribution in [0.5, 0.6) is 0 Å². The second-order valence-corrected chi connectivity index (χ2v) is 22.9. The Balaban J connectivity index is 1.08. The first kappa shape index (κ1) is 45.8. The molecule has 0 aromatic heterocycles. The van der Waals surface area contributed by atoms with E-state index < -0.39 is 28.6 Å². The van der Waals surface area contributed by atoms with E-state index in [1.165, 1.54) is 5.57 Å². The lowest BCUT2D eigenvalue weighted by atomic mass is 9.33. The summed E-state index contributed by atoms with van der Waals surface area (Å²) in [6.45, 7) is 20.8. The standard InChI is InChI=1S/C50H72ClN3O7/c1-28(2)40-35(55)25-50(26-39(56)53-27-31(18-23-52)54-42(57)29-10-12-30(51)13-11-29)22-21-48(8)32(41(40)50)14-15-37-47(7)19-17-38(46(5,6)36(47)16-20-49(37,48)9)61-44(60)34-24-33(43(58)59)45(34,3)4/h10-13,28,31-34,36-38H,14-27,52H2,1-9H3,(H,53,56)(H,54,57)(H,58,59)/t31?,32-,33+,34-,36+,37-,38+,47+,48-,49-,50+/m1/s1. The Morgan fingerprint density at radius 2 is 1.56 bits per heavy atom. The Morgan fingerprint density at radius 3 is 2.18 bits per heavy atom. The number of hydrogen-bond acceptors (Lipinski definition) is 7. The number of amides is 2. The third-order valence-electron chi connectivity index (χ3n) is 18.6.